The quantitative estimate of drug-likeness (QED) is 0.525. The highest BCUT2D eigenvalue weighted by molar-refractivity contribution is 7.92. The van der Waals surface area contributed by atoms with Crippen LogP contribution in [0.3, 0.4) is 0 Å². The second-order valence-electron chi connectivity index (χ2n) is 8.28. The lowest BCUT2D eigenvalue weighted by Crippen LogP contribution is -2.32. The van der Waals surface area contributed by atoms with Gasteiger partial charge in [0.2, 0.25) is 0 Å². The second-order valence-corrected chi connectivity index (χ2v) is 9.96. The number of aromatic nitrogens is 1. The molecule has 7 nitrogen and oxygen atoms in total. The molecule has 1 fully saturated rings. The summed E-state index contributed by atoms with van der Waals surface area (Å²) in [7, 11) is -4.08. The summed E-state index contributed by atoms with van der Waals surface area (Å²) in [5.74, 6) is -0.212. The molecule has 0 unspecified atom stereocenters. The highest BCUT2D eigenvalue weighted by Gasteiger charge is 2.20. The van der Waals surface area contributed by atoms with Crippen LogP contribution in [-0.2, 0) is 16.6 Å². The molecule has 9 heteroatoms. The summed E-state index contributed by atoms with van der Waals surface area (Å²) in [5.41, 5.74) is 1.61. The fourth-order valence-corrected chi connectivity index (χ4v) is 5.08. The summed E-state index contributed by atoms with van der Waals surface area (Å²) in [6.45, 7) is 3.87. The Morgan fingerprint density at radius 3 is 2.59 bits per heavy atom. The summed E-state index contributed by atoms with van der Waals surface area (Å²) >= 11 is 0. The highest BCUT2D eigenvalue weighted by atomic mass is 32.2. The van der Waals surface area contributed by atoms with Crippen LogP contribution in [-0.4, -0.2) is 32.4 Å². The molecule has 0 atom stereocenters. The first kappa shape index (κ1) is 23.7. The first-order valence-corrected chi connectivity index (χ1v) is 12.7. The average Bonchev–Trinajstić information content (AvgIpc) is 2.85. The molecule has 0 radical (unpaired) electrons. The first-order valence-electron chi connectivity index (χ1n) is 11.2. The molecule has 2 aromatic carbocycles. The zero-order valence-electron chi connectivity index (χ0n) is 18.9. The van der Waals surface area contributed by atoms with Crippen LogP contribution in [0.4, 0.5) is 15.9 Å². The number of carbonyl (C=O) groups is 1. The third-order valence-electron chi connectivity index (χ3n) is 5.84. The number of aryl methyl sites for hydroxylation is 1. The lowest BCUT2D eigenvalue weighted by atomic mass is 10.1. The number of pyridine rings is 1. The topological polar surface area (TPSA) is 91.4 Å². The van der Waals surface area contributed by atoms with E-state index in [4.69, 9.17) is 0 Å². The lowest BCUT2D eigenvalue weighted by molar-refractivity contribution is 0.0950. The molecule has 0 saturated carbocycles. The Bertz CT molecular complexity index is 1290. The normalized spacial score (nSPS) is 14.0. The number of benzene rings is 2. The molecule has 1 saturated heterocycles. The van der Waals surface area contributed by atoms with E-state index in [2.05, 4.69) is 19.9 Å². The van der Waals surface area contributed by atoms with E-state index in [0.29, 0.717) is 5.56 Å². The molecule has 1 aliphatic rings. The van der Waals surface area contributed by atoms with E-state index < -0.39 is 21.7 Å². The Balaban J connectivity index is 1.51. The summed E-state index contributed by atoms with van der Waals surface area (Å²) in [6, 6.07) is 13.5. The molecule has 0 aliphatic carbocycles. The van der Waals surface area contributed by atoms with Gasteiger partial charge in [0.15, 0.2) is 0 Å². The number of carbonyl (C=O) groups excluding carboxylic acids is 1. The maximum atomic E-state index is 13.9. The number of anilines is 2. The predicted molar refractivity (Wildman–Crippen MR) is 130 cm³/mol. The van der Waals surface area contributed by atoms with Crippen LogP contribution in [0.5, 0.6) is 0 Å². The summed E-state index contributed by atoms with van der Waals surface area (Å²) in [5, 5.41) is 2.89. The van der Waals surface area contributed by atoms with Crippen LogP contribution < -0.4 is 14.9 Å². The Morgan fingerprint density at radius 2 is 1.82 bits per heavy atom. The van der Waals surface area contributed by atoms with Crippen LogP contribution in [0.1, 0.15) is 40.7 Å². The van der Waals surface area contributed by atoms with Gasteiger partial charge < -0.3 is 10.2 Å². The van der Waals surface area contributed by atoms with Gasteiger partial charge in [-0.25, -0.2) is 17.8 Å². The van der Waals surface area contributed by atoms with Crippen molar-refractivity contribution in [2.24, 2.45) is 0 Å². The van der Waals surface area contributed by atoms with Crippen molar-refractivity contribution in [1.29, 1.82) is 0 Å². The van der Waals surface area contributed by atoms with Gasteiger partial charge in [-0.2, -0.15) is 0 Å². The van der Waals surface area contributed by atoms with Crippen LogP contribution >= 0.6 is 0 Å². The van der Waals surface area contributed by atoms with Gasteiger partial charge in [0.1, 0.15) is 11.6 Å². The van der Waals surface area contributed by atoms with E-state index >= 15 is 0 Å². The van der Waals surface area contributed by atoms with Gasteiger partial charge in [-0.1, -0.05) is 24.3 Å². The molecule has 2 N–H and O–H groups in total. The lowest BCUT2D eigenvalue weighted by Gasteiger charge is -2.29. The number of rotatable bonds is 7. The minimum atomic E-state index is -4.08. The Hall–Kier alpha value is -3.46. The monoisotopic (exact) mass is 482 g/mol. The van der Waals surface area contributed by atoms with Crippen molar-refractivity contribution in [1.82, 2.24) is 10.3 Å². The van der Waals surface area contributed by atoms with Crippen LogP contribution in [0.15, 0.2) is 65.7 Å². The van der Waals surface area contributed by atoms with Gasteiger partial charge in [0, 0.05) is 37.0 Å². The van der Waals surface area contributed by atoms with Crippen molar-refractivity contribution in [2.75, 3.05) is 22.7 Å². The standard InChI is InChI=1S/C25H27FN4O3S/c1-18-11-12-20(34(32,33)29-23-10-4-3-9-22(23)26)16-21(18)25(31)28-17-19-8-7-13-27-24(19)30-14-5-2-6-15-30/h3-4,7-13,16,29H,2,5-6,14-15,17H2,1H3,(H,28,31). The Labute approximate surface area is 199 Å². The number of piperidine rings is 1. The van der Waals surface area contributed by atoms with Crippen molar-refractivity contribution >= 4 is 27.4 Å². The zero-order valence-corrected chi connectivity index (χ0v) is 19.7. The third-order valence-corrected chi connectivity index (χ3v) is 7.21. The van der Waals surface area contributed by atoms with E-state index in [0.717, 1.165) is 37.3 Å². The van der Waals surface area contributed by atoms with Gasteiger partial charge in [-0.05, 0) is 62.1 Å². The fourth-order valence-electron chi connectivity index (χ4n) is 3.99. The van der Waals surface area contributed by atoms with Gasteiger partial charge in [0.05, 0.1) is 10.6 Å². The van der Waals surface area contributed by atoms with Crippen LogP contribution in [0.2, 0.25) is 0 Å². The number of nitrogens with zero attached hydrogens (tertiary/aromatic N) is 2. The molecule has 2 heterocycles. The van der Waals surface area contributed by atoms with Crippen molar-refractivity contribution in [2.45, 2.75) is 37.6 Å². The summed E-state index contributed by atoms with van der Waals surface area (Å²) < 4.78 is 41.8. The number of hydrogen-bond donors (Lipinski definition) is 2. The van der Waals surface area contributed by atoms with Gasteiger partial charge in [0.25, 0.3) is 15.9 Å². The number of nitrogens with one attached hydrogen (secondary N) is 2. The van der Waals surface area contributed by atoms with Crippen LogP contribution in [0, 0.1) is 12.7 Å². The smallest absolute Gasteiger partial charge is 0.262 e. The van der Waals surface area contributed by atoms with Crippen molar-refractivity contribution in [3.63, 3.8) is 0 Å². The Kier molecular flexibility index (Phi) is 7.12. The minimum Gasteiger partial charge on any atom is -0.356 e. The number of sulfonamides is 1. The summed E-state index contributed by atoms with van der Waals surface area (Å²) in [4.78, 5) is 19.6. The van der Waals surface area contributed by atoms with Crippen molar-refractivity contribution in [3.05, 3.63) is 83.3 Å². The zero-order chi connectivity index (χ0) is 24.1. The molecule has 0 spiro atoms. The third kappa shape index (κ3) is 5.36. The van der Waals surface area contributed by atoms with E-state index in [1.807, 2.05) is 12.1 Å². The average molecular weight is 483 g/mol. The molecule has 0 bridgehead atoms. The maximum Gasteiger partial charge on any atom is 0.262 e. The molecule has 1 aliphatic heterocycles. The molecule has 178 valence electrons. The van der Waals surface area contributed by atoms with E-state index in [-0.39, 0.29) is 22.7 Å². The second kappa shape index (κ2) is 10.2. The van der Waals surface area contributed by atoms with Crippen molar-refractivity contribution in [3.8, 4) is 0 Å². The van der Waals surface area contributed by atoms with E-state index in [1.54, 1.807) is 19.2 Å². The molecule has 1 amide bonds. The highest BCUT2D eigenvalue weighted by Crippen LogP contribution is 2.23. The van der Waals surface area contributed by atoms with Gasteiger partial charge in [-0.3, -0.25) is 9.52 Å². The van der Waals surface area contributed by atoms with Crippen molar-refractivity contribution < 1.29 is 17.6 Å². The van der Waals surface area contributed by atoms with E-state index in [9.17, 15) is 17.6 Å². The SMILES string of the molecule is Cc1ccc(S(=O)(=O)Nc2ccccc2F)cc1C(=O)NCc1cccnc1N1CCCCC1. The molecular weight excluding hydrogens is 455 g/mol. The Morgan fingerprint density at radius 1 is 1.06 bits per heavy atom. The fraction of sp³-hybridized carbons (Fsp3) is 0.280. The molecule has 1 aromatic heterocycles. The van der Waals surface area contributed by atoms with Crippen LogP contribution in [0.25, 0.3) is 0 Å². The molecule has 3 aromatic rings. The van der Waals surface area contributed by atoms with Gasteiger partial charge in [-0.15, -0.1) is 0 Å². The number of halogens is 1. The first-order chi connectivity index (χ1) is 16.3. The maximum absolute atomic E-state index is 13.9. The summed E-state index contributed by atoms with van der Waals surface area (Å²) in [6.07, 6.45) is 5.18. The number of para-hydroxylation sites is 1. The number of hydrogen-bond acceptors (Lipinski definition) is 5. The van der Waals surface area contributed by atoms with E-state index in [1.165, 1.54) is 42.8 Å². The molecular formula is C25H27FN4O3S. The number of amides is 1. The minimum absolute atomic E-state index is 0.123. The molecule has 34 heavy (non-hydrogen) atoms. The van der Waals surface area contributed by atoms with Gasteiger partial charge >= 0.3 is 0 Å². The molecule has 4 rings (SSSR count). The predicted octanol–water partition coefficient (Wildman–Crippen LogP) is 4.25. The largest absolute Gasteiger partial charge is 0.356 e.